The minimum Gasteiger partial charge on any atom is -0.391 e. The highest BCUT2D eigenvalue weighted by Crippen LogP contribution is 2.41. The second kappa shape index (κ2) is 5.46. The zero-order valence-electron chi connectivity index (χ0n) is 13.1. The lowest BCUT2D eigenvalue weighted by Crippen LogP contribution is -2.51. The molecule has 0 saturated carbocycles. The lowest BCUT2D eigenvalue weighted by Gasteiger charge is -2.39. The molecular formula is C14H26F3NO2. The standard InChI is InChI=1S/C14H26F3NO2/c1-12(2,3)18-7-10(19)11(14(15,16)17)9(18)8-20-13(4,5)6/h9-11,19H,7-8H2,1-6H3. The van der Waals surface area contributed by atoms with Crippen molar-refractivity contribution < 1.29 is 23.0 Å². The molecule has 0 amide bonds. The molecule has 1 heterocycles. The molecule has 0 spiro atoms. The molecule has 1 rings (SSSR count). The molecule has 120 valence electrons. The summed E-state index contributed by atoms with van der Waals surface area (Å²) in [4.78, 5) is 1.70. The number of hydrogen-bond donors (Lipinski definition) is 1. The molecule has 1 saturated heterocycles. The highest BCUT2D eigenvalue weighted by molar-refractivity contribution is 5.01. The Morgan fingerprint density at radius 3 is 1.95 bits per heavy atom. The molecule has 0 radical (unpaired) electrons. The van der Waals surface area contributed by atoms with Gasteiger partial charge in [-0.2, -0.15) is 13.2 Å². The first-order chi connectivity index (χ1) is 8.73. The Bertz CT molecular complexity index is 331. The van der Waals surface area contributed by atoms with Crippen LogP contribution in [0.2, 0.25) is 0 Å². The molecule has 1 fully saturated rings. The summed E-state index contributed by atoms with van der Waals surface area (Å²) in [5, 5.41) is 9.84. The number of hydrogen-bond acceptors (Lipinski definition) is 3. The SMILES string of the molecule is CC(C)(C)OCC1C(C(F)(F)F)C(O)CN1C(C)(C)C. The van der Waals surface area contributed by atoms with Gasteiger partial charge in [-0.3, -0.25) is 4.90 Å². The van der Waals surface area contributed by atoms with Crippen molar-refractivity contribution >= 4 is 0 Å². The van der Waals surface area contributed by atoms with Gasteiger partial charge in [-0.15, -0.1) is 0 Å². The van der Waals surface area contributed by atoms with Crippen LogP contribution >= 0.6 is 0 Å². The van der Waals surface area contributed by atoms with Gasteiger partial charge in [-0.1, -0.05) is 0 Å². The molecule has 1 aliphatic heterocycles. The molecule has 1 N–H and O–H groups in total. The minimum absolute atomic E-state index is 0.0197. The Morgan fingerprint density at radius 2 is 1.60 bits per heavy atom. The number of rotatable bonds is 2. The van der Waals surface area contributed by atoms with Crippen LogP contribution in [0.3, 0.4) is 0 Å². The lowest BCUT2D eigenvalue weighted by molar-refractivity contribution is -0.206. The first-order valence-corrected chi connectivity index (χ1v) is 6.89. The van der Waals surface area contributed by atoms with Crippen molar-refractivity contribution in [1.82, 2.24) is 4.90 Å². The molecule has 3 nitrogen and oxygen atoms in total. The third-order valence-corrected chi connectivity index (χ3v) is 3.54. The van der Waals surface area contributed by atoms with Crippen molar-refractivity contribution in [2.24, 2.45) is 5.92 Å². The molecule has 3 atom stereocenters. The van der Waals surface area contributed by atoms with Gasteiger partial charge < -0.3 is 9.84 Å². The predicted octanol–water partition coefficient (Wildman–Crippen LogP) is 2.82. The number of nitrogens with zero attached hydrogens (tertiary/aromatic N) is 1. The summed E-state index contributed by atoms with van der Waals surface area (Å²) in [5.74, 6) is -1.76. The van der Waals surface area contributed by atoms with E-state index in [2.05, 4.69) is 0 Å². The summed E-state index contributed by atoms with van der Waals surface area (Å²) in [6.45, 7) is 11.0. The molecule has 20 heavy (non-hydrogen) atoms. The van der Waals surface area contributed by atoms with Crippen molar-refractivity contribution in [2.45, 2.75) is 71.0 Å². The molecular weight excluding hydrogens is 271 g/mol. The van der Waals surface area contributed by atoms with Crippen LogP contribution < -0.4 is 0 Å². The Labute approximate surface area is 119 Å². The van der Waals surface area contributed by atoms with Crippen molar-refractivity contribution in [3.63, 3.8) is 0 Å². The molecule has 0 aliphatic carbocycles. The third-order valence-electron chi connectivity index (χ3n) is 3.54. The maximum absolute atomic E-state index is 13.2. The minimum atomic E-state index is -4.43. The average molecular weight is 297 g/mol. The van der Waals surface area contributed by atoms with Crippen LogP contribution in [0.5, 0.6) is 0 Å². The number of likely N-dealkylation sites (tertiary alicyclic amines) is 1. The van der Waals surface area contributed by atoms with Crippen molar-refractivity contribution in [2.75, 3.05) is 13.2 Å². The van der Waals surface area contributed by atoms with Crippen LogP contribution in [-0.4, -0.2) is 52.6 Å². The maximum Gasteiger partial charge on any atom is 0.395 e. The van der Waals surface area contributed by atoms with Crippen molar-refractivity contribution in [1.29, 1.82) is 0 Å². The zero-order chi connectivity index (χ0) is 15.9. The number of aliphatic hydroxyl groups excluding tert-OH is 1. The fourth-order valence-electron chi connectivity index (χ4n) is 2.64. The van der Waals surface area contributed by atoms with E-state index in [0.29, 0.717) is 0 Å². The molecule has 1 aliphatic rings. The third kappa shape index (κ3) is 4.33. The lowest BCUT2D eigenvalue weighted by atomic mass is 9.96. The predicted molar refractivity (Wildman–Crippen MR) is 71.5 cm³/mol. The average Bonchev–Trinajstić information content (AvgIpc) is 2.49. The molecule has 0 aromatic heterocycles. The van der Waals surface area contributed by atoms with E-state index in [0.717, 1.165) is 0 Å². The summed E-state index contributed by atoms with van der Waals surface area (Å²) in [6, 6.07) is -0.857. The van der Waals surface area contributed by atoms with E-state index in [4.69, 9.17) is 4.74 Å². The van der Waals surface area contributed by atoms with E-state index >= 15 is 0 Å². The summed E-state index contributed by atoms with van der Waals surface area (Å²) < 4.78 is 45.2. The van der Waals surface area contributed by atoms with Crippen molar-refractivity contribution in [3.8, 4) is 0 Å². The summed E-state index contributed by atoms with van der Waals surface area (Å²) in [7, 11) is 0. The number of aliphatic hydroxyl groups is 1. The van der Waals surface area contributed by atoms with Crippen molar-refractivity contribution in [3.05, 3.63) is 0 Å². The second-order valence-corrected chi connectivity index (χ2v) is 7.45. The topological polar surface area (TPSA) is 32.7 Å². The highest BCUT2D eigenvalue weighted by Gasteiger charge is 2.57. The molecule has 6 heteroatoms. The Morgan fingerprint density at radius 1 is 1.10 bits per heavy atom. The van der Waals surface area contributed by atoms with Gasteiger partial charge in [0, 0.05) is 18.1 Å². The van der Waals surface area contributed by atoms with Gasteiger partial charge in [0.15, 0.2) is 0 Å². The van der Waals surface area contributed by atoms with Crippen LogP contribution in [0, 0.1) is 5.92 Å². The first-order valence-electron chi connectivity index (χ1n) is 6.89. The monoisotopic (exact) mass is 297 g/mol. The highest BCUT2D eigenvalue weighted by atomic mass is 19.4. The Hall–Kier alpha value is -0.330. The zero-order valence-corrected chi connectivity index (χ0v) is 13.1. The molecule has 0 bridgehead atoms. The van der Waals surface area contributed by atoms with Crippen LogP contribution in [-0.2, 0) is 4.74 Å². The normalized spacial score (nSPS) is 30.0. The van der Waals surface area contributed by atoms with E-state index in [9.17, 15) is 18.3 Å². The van der Waals surface area contributed by atoms with E-state index in [-0.39, 0.29) is 13.2 Å². The fraction of sp³-hybridized carbons (Fsp3) is 1.00. The van der Waals surface area contributed by atoms with Crippen LogP contribution in [0.1, 0.15) is 41.5 Å². The smallest absolute Gasteiger partial charge is 0.391 e. The first kappa shape index (κ1) is 17.7. The summed E-state index contributed by atoms with van der Waals surface area (Å²) in [5.41, 5.74) is -0.958. The Balaban J connectivity index is 2.99. The van der Waals surface area contributed by atoms with Gasteiger partial charge in [0.1, 0.15) is 0 Å². The summed E-state index contributed by atoms with van der Waals surface area (Å²) in [6.07, 6.45) is -5.83. The van der Waals surface area contributed by atoms with E-state index in [1.165, 1.54) is 0 Å². The van der Waals surface area contributed by atoms with Crippen LogP contribution in [0.25, 0.3) is 0 Å². The molecule has 3 unspecified atom stereocenters. The largest absolute Gasteiger partial charge is 0.395 e. The molecule has 0 aromatic rings. The van der Waals surface area contributed by atoms with E-state index in [1.54, 1.807) is 4.90 Å². The number of alkyl halides is 3. The molecule has 0 aromatic carbocycles. The maximum atomic E-state index is 13.2. The van der Waals surface area contributed by atoms with Gasteiger partial charge in [0.05, 0.1) is 24.2 Å². The summed E-state index contributed by atoms with van der Waals surface area (Å²) >= 11 is 0. The quantitative estimate of drug-likeness (QED) is 0.851. The number of β-amino-alcohol motifs (C(OH)–C–C–N with tert-alkyl or cyclic N) is 1. The number of halogens is 3. The second-order valence-electron chi connectivity index (χ2n) is 7.45. The van der Waals surface area contributed by atoms with E-state index in [1.807, 2.05) is 41.5 Å². The van der Waals surface area contributed by atoms with E-state index < -0.39 is 35.4 Å². The number of ether oxygens (including phenoxy) is 1. The van der Waals surface area contributed by atoms with Crippen LogP contribution in [0.4, 0.5) is 13.2 Å². The van der Waals surface area contributed by atoms with Gasteiger partial charge in [-0.05, 0) is 41.5 Å². The van der Waals surface area contributed by atoms with Gasteiger partial charge in [0.25, 0.3) is 0 Å². The fourth-order valence-corrected chi connectivity index (χ4v) is 2.64. The van der Waals surface area contributed by atoms with Gasteiger partial charge in [0.2, 0.25) is 0 Å². The Kier molecular flexibility index (Phi) is 4.84. The van der Waals surface area contributed by atoms with Gasteiger partial charge >= 0.3 is 6.18 Å². The van der Waals surface area contributed by atoms with Gasteiger partial charge in [-0.25, -0.2) is 0 Å². The van der Waals surface area contributed by atoms with Crippen LogP contribution in [0.15, 0.2) is 0 Å².